The Kier molecular flexibility index (Phi) is 4.12. The molecular formula is C9H9ClF3NO2. The lowest BCUT2D eigenvalue weighted by Gasteiger charge is -2.16. The van der Waals surface area contributed by atoms with E-state index < -0.39 is 24.1 Å². The van der Waals surface area contributed by atoms with Gasteiger partial charge in [0.05, 0.1) is 17.7 Å². The summed E-state index contributed by atoms with van der Waals surface area (Å²) in [5.74, 6) is -0.293. The molecule has 1 rings (SSSR count). The van der Waals surface area contributed by atoms with Crippen LogP contribution in [0.25, 0.3) is 0 Å². The number of hydrogen-bond acceptors (Lipinski definition) is 3. The van der Waals surface area contributed by atoms with Crippen LogP contribution in [-0.4, -0.2) is 27.2 Å². The van der Waals surface area contributed by atoms with Crippen LogP contribution in [0, 0.1) is 0 Å². The number of halogens is 4. The van der Waals surface area contributed by atoms with E-state index in [-0.39, 0.29) is 11.6 Å². The van der Waals surface area contributed by atoms with Crippen molar-refractivity contribution in [2.75, 3.05) is 5.88 Å². The Hall–Kier alpha value is -0.850. The Balaban J connectivity index is 2.99. The summed E-state index contributed by atoms with van der Waals surface area (Å²) in [5.41, 5.74) is -1.38. The maximum absolute atomic E-state index is 12.3. The summed E-state index contributed by atoms with van der Waals surface area (Å²) in [5, 5.41) is 18.6. The molecule has 90 valence electrons. The van der Waals surface area contributed by atoms with Crippen molar-refractivity contribution in [2.45, 2.75) is 18.4 Å². The van der Waals surface area contributed by atoms with E-state index in [0.29, 0.717) is 0 Å². The molecule has 0 aliphatic heterocycles. The van der Waals surface area contributed by atoms with E-state index in [4.69, 9.17) is 11.6 Å². The van der Waals surface area contributed by atoms with Crippen molar-refractivity contribution in [3.05, 3.63) is 29.6 Å². The van der Waals surface area contributed by atoms with Crippen molar-refractivity contribution in [3.8, 4) is 0 Å². The highest BCUT2D eigenvalue weighted by atomic mass is 35.5. The van der Waals surface area contributed by atoms with E-state index in [0.717, 1.165) is 12.1 Å². The summed E-state index contributed by atoms with van der Waals surface area (Å²) in [4.78, 5) is 3.22. The van der Waals surface area contributed by atoms with Crippen molar-refractivity contribution in [3.63, 3.8) is 0 Å². The molecule has 3 nitrogen and oxygen atoms in total. The maximum atomic E-state index is 12.3. The van der Waals surface area contributed by atoms with Crippen LogP contribution < -0.4 is 0 Å². The molecule has 0 aliphatic rings. The van der Waals surface area contributed by atoms with E-state index in [9.17, 15) is 23.4 Å². The molecule has 1 aromatic rings. The zero-order chi connectivity index (χ0) is 12.3. The highest BCUT2D eigenvalue weighted by Gasteiger charge is 2.33. The highest BCUT2D eigenvalue weighted by molar-refractivity contribution is 6.18. The third kappa shape index (κ3) is 3.07. The van der Waals surface area contributed by atoms with Crippen LogP contribution in [0.15, 0.2) is 18.2 Å². The molecule has 7 heteroatoms. The fourth-order valence-corrected chi connectivity index (χ4v) is 1.22. The zero-order valence-corrected chi connectivity index (χ0v) is 8.70. The minimum absolute atomic E-state index is 0.261. The van der Waals surface area contributed by atoms with Crippen molar-refractivity contribution in [2.24, 2.45) is 0 Å². The fraction of sp³-hybridized carbons (Fsp3) is 0.444. The smallest absolute Gasteiger partial charge is 0.389 e. The second-order valence-corrected chi connectivity index (χ2v) is 3.42. The van der Waals surface area contributed by atoms with Gasteiger partial charge in [-0.3, -0.25) is 0 Å². The number of hydrogen-bond donors (Lipinski definition) is 2. The largest absolute Gasteiger partial charge is 0.433 e. The lowest BCUT2D eigenvalue weighted by atomic mass is 10.1. The quantitative estimate of drug-likeness (QED) is 0.809. The third-order valence-corrected chi connectivity index (χ3v) is 2.20. The Labute approximate surface area is 94.5 Å². The summed E-state index contributed by atoms with van der Waals surface area (Å²) in [6.07, 6.45) is -7.46. The summed E-state index contributed by atoms with van der Waals surface area (Å²) in [7, 11) is 0. The Morgan fingerprint density at radius 1 is 1.31 bits per heavy atom. The number of aliphatic hydroxyl groups is 2. The normalized spacial score (nSPS) is 15.9. The molecule has 0 fully saturated rings. The molecular weight excluding hydrogens is 247 g/mol. The first-order valence-corrected chi connectivity index (χ1v) is 4.86. The van der Waals surface area contributed by atoms with Gasteiger partial charge >= 0.3 is 6.18 Å². The van der Waals surface area contributed by atoms with E-state index in [1.807, 2.05) is 0 Å². The number of rotatable bonds is 3. The second kappa shape index (κ2) is 4.99. The van der Waals surface area contributed by atoms with Gasteiger partial charge in [-0.15, -0.1) is 11.6 Å². The van der Waals surface area contributed by atoms with E-state index >= 15 is 0 Å². The van der Waals surface area contributed by atoms with Crippen molar-refractivity contribution >= 4 is 11.6 Å². The van der Waals surface area contributed by atoms with Crippen LogP contribution in [0.5, 0.6) is 0 Å². The van der Waals surface area contributed by atoms with Gasteiger partial charge in [0.15, 0.2) is 0 Å². The highest BCUT2D eigenvalue weighted by Crippen LogP contribution is 2.28. The number of nitrogens with zero attached hydrogens (tertiary/aromatic N) is 1. The lowest BCUT2D eigenvalue weighted by Crippen LogP contribution is -2.21. The average molecular weight is 256 g/mol. The fourth-order valence-electron chi connectivity index (χ4n) is 1.06. The Morgan fingerprint density at radius 2 is 1.94 bits per heavy atom. The first-order chi connectivity index (χ1) is 7.36. The minimum Gasteiger partial charge on any atom is -0.389 e. The number of aliphatic hydroxyl groups excluding tert-OH is 2. The van der Waals surface area contributed by atoms with Crippen LogP contribution in [-0.2, 0) is 6.18 Å². The van der Waals surface area contributed by atoms with Gasteiger partial charge in [0.25, 0.3) is 0 Å². The van der Waals surface area contributed by atoms with Crippen LogP contribution in [0.2, 0.25) is 0 Å². The molecule has 0 spiro atoms. The number of aromatic nitrogens is 1. The van der Waals surface area contributed by atoms with E-state index in [2.05, 4.69) is 4.98 Å². The average Bonchev–Trinajstić information content (AvgIpc) is 2.26. The Bertz CT molecular complexity index is 359. The maximum Gasteiger partial charge on any atom is 0.433 e. The number of pyridine rings is 1. The standard InChI is InChI=1S/C9H9ClF3NO2/c10-4-6(15)8(16)5-2-1-3-7(14-5)9(11,12)13/h1-3,6,8,15-16H,4H2. The van der Waals surface area contributed by atoms with Crippen molar-refractivity contribution < 1.29 is 23.4 Å². The molecule has 1 aromatic heterocycles. The number of alkyl halides is 4. The Morgan fingerprint density at radius 3 is 2.44 bits per heavy atom. The van der Waals surface area contributed by atoms with Crippen LogP contribution >= 0.6 is 11.6 Å². The second-order valence-electron chi connectivity index (χ2n) is 3.11. The van der Waals surface area contributed by atoms with Gasteiger partial charge in [0.1, 0.15) is 11.8 Å². The van der Waals surface area contributed by atoms with Gasteiger partial charge in [-0.25, -0.2) is 4.98 Å². The van der Waals surface area contributed by atoms with Gasteiger partial charge in [-0.05, 0) is 12.1 Å². The van der Waals surface area contributed by atoms with Crippen molar-refractivity contribution in [1.29, 1.82) is 0 Å². The van der Waals surface area contributed by atoms with Crippen LogP contribution in [0.4, 0.5) is 13.2 Å². The minimum atomic E-state index is -4.58. The summed E-state index contributed by atoms with van der Waals surface area (Å²) >= 11 is 5.27. The van der Waals surface area contributed by atoms with Gasteiger partial charge in [0, 0.05) is 0 Å². The molecule has 2 N–H and O–H groups in total. The molecule has 0 aromatic carbocycles. The first-order valence-electron chi connectivity index (χ1n) is 4.32. The SMILES string of the molecule is OC(CCl)C(O)c1cccc(C(F)(F)F)n1. The van der Waals surface area contributed by atoms with Crippen molar-refractivity contribution in [1.82, 2.24) is 4.98 Å². The molecule has 1 heterocycles. The third-order valence-electron chi connectivity index (χ3n) is 1.89. The van der Waals surface area contributed by atoms with Crippen LogP contribution in [0.1, 0.15) is 17.5 Å². The van der Waals surface area contributed by atoms with E-state index in [1.54, 1.807) is 0 Å². The molecule has 2 unspecified atom stereocenters. The molecule has 0 saturated heterocycles. The summed E-state index contributed by atoms with van der Waals surface area (Å²) < 4.78 is 36.8. The molecule has 0 radical (unpaired) electrons. The van der Waals surface area contributed by atoms with Gasteiger partial charge in [0.2, 0.25) is 0 Å². The molecule has 2 atom stereocenters. The monoisotopic (exact) mass is 255 g/mol. The summed E-state index contributed by atoms with van der Waals surface area (Å²) in [6.45, 7) is 0. The molecule has 16 heavy (non-hydrogen) atoms. The van der Waals surface area contributed by atoms with E-state index in [1.165, 1.54) is 6.07 Å². The molecule has 0 saturated carbocycles. The lowest BCUT2D eigenvalue weighted by molar-refractivity contribution is -0.141. The molecule has 0 bridgehead atoms. The topological polar surface area (TPSA) is 53.4 Å². The predicted molar refractivity (Wildman–Crippen MR) is 50.9 cm³/mol. The predicted octanol–water partition coefficient (Wildman–Crippen LogP) is 1.73. The van der Waals surface area contributed by atoms with Gasteiger partial charge in [-0.1, -0.05) is 6.07 Å². The summed E-state index contributed by atoms with van der Waals surface area (Å²) in [6, 6.07) is 3.08. The first kappa shape index (κ1) is 13.2. The molecule has 0 amide bonds. The van der Waals surface area contributed by atoms with Gasteiger partial charge in [-0.2, -0.15) is 13.2 Å². The van der Waals surface area contributed by atoms with Crippen LogP contribution in [0.3, 0.4) is 0 Å². The zero-order valence-electron chi connectivity index (χ0n) is 7.95. The van der Waals surface area contributed by atoms with Gasteiger partial charge < -0.3 is 10.2 Å². The molecule has 0 aliphatic carbocycles.